The van der Waals surface area contributed by atoms with Gasteiger partial charge in [-0.1, -0.05) is 23.7 Å². The fraction of sp³-hybridized carbons (Fsp3) is 0.200. The van der Waals surface area contributed by atoms with Crippen molar-refractivity contribution in [2.45, 2.75) is 18.4 Å². The van der Waals surface area contributed by atoms with Gasteiger partial charge in [0.25, 0.3) is 0 Å². The number of aromatic nitrogens is 1. The lowest BCUT2D eigenvalue weighted by Gasteiger charge is -2.06. The maximum absolute atomic E-state index is 11.8. The van der Waals surface area contributed by atoms with Crippen LogP contribution >= 0.6 is 23.4 Å². The molecular weight excluding hydrogens is 292 g/mol. The van der Waals surface area contributed by atoms with Gasteiger partial charge < -0.3 is 5.32 Å². The van der Waals surface area contributed by atoms with E-state index in [1.807, 2.05) is 37.3 Å². The zero-order valence-corrected chi connectivity index (χ0v) is 12.7. The highest BCUT2D eigenvalue weighted by Crippen LogP contribution is 2.20. The summed E-state index contributed by atoms with van der Waals surface area (Å²) in [6.45, 7) is 1.93. The van der Waals surface area contributed by atoms with E-state index in [1.165, 1.54) is 0 Å². The number of hydrogen-bond acceptors (Lipinski definition) is 3. The standard InChI is InChI=1S/C15H15ClN2OS/c1-11-5-6-12(10-13(11)16)18-14(19)7-9-20-15-4-2-3-8-17-15/h2-6,8,10H,7,9H2,1H3,(H,18,19). The summed E-state index contributed by atoms with van der Waals surface area (Å²) >= 11 is 7.58. The number of carbonyl (C=O) groups excluding carboxylic acids is 1. The monoisotopic (exact) mass is 306 g/mol. The van der Waals surface area contributed by atoms with Crippen molar-refractivity contribution in [2.24, 2.45) is 0 Å². The molecule has 20 heavy (non-hydrogen) atoms. The highest BCUT2D eigenvalue weighted by atomic mass is 35.5. The van der Waals surface area contributed by atoms with Crippen LogP contribution in [-0.2, 0) is 4.79 Å². The lowest BCUT2D eigenvalue weighted by atomic mass is 10.2. The second-order valence-corrected chi connectivity index (χ2v) is 5.80. The molecule has 1 aromatic heterocycles. The number of carbonyl (C=O) groups is 1. The number of pyridine rings is 1. The molecule has 0 aliphatic rings. The van der Waals surface area contributed by atoms with Crippen molar-refractivity contribution < 1.29 is 4.79 Å². The van der Waals surface area contributed by atoms with Gasteiger partial charge in [0, 0.05) is 29.1 Å². The van der Waals surface area contributed by atoms with Crippen LogP contribution in [0.1, 0.15) is 12.0 Å². The lowest BCUT2D eigenvalue weighted by molar-refractivity contribution is -0.115. The summed E-state index contributed by atoms with van der Waals surface area (Å²) in [5.41, 5.74) is 1.73. The molecule has 0 spiro atoms. The topological polar surface area (TPSA) is 42.0 Å². The first-order valence-corrected chi connectivity index (χ1v) is 7.61. The first-order chi connectivity index (χ1) is 9.65. The molecule has 1 heterocycles. The number of nitrogens with one attached hydrogen (secondary N) is 1. The van der Waals surface area contributed by atoms with Gasteiger partial charge >= 0.3 is 0 Å². The van der Waals surface area contributed by atoms with Crippen molar-refractivity contribution in [1.82, 2.24) is 4.98 Å². The maximum atomic E-state index is 11.8. The van der Waals surface area contributed by atoms with Gasteiger partial charge in [-0.3, -0.25) is 4.79 Å². The van der Waals surface area contributed by atoms with Crippen molar-refractivity contribution in [2.75, 3.05) is 11.1 Å². The van der Waals surface area contributed by atoms with Crippen molar-refractivity contribution in [3.05, 3.63) is 53.2 Å². The van der Waals surface area contributed by atoms with E-state index in [2.05, 4.69) is 10.3 Å². The minimum atomic E-state index is -0.0200. The van der Waals surface area contributed by atoms with Gasteiger partial charge in [-0.05, 0) is 36.8 Å². The van der Waals surface area contributed by atoms with Crippen LogP contribution < -0.4 is 5.32 Å². The van der Waals surface area contributed by atoms with Gasteiger partial charge in [-0.25, -0.2) is 4.98 Å². The third-order valence-corrected chi connectivity index (χ3v) is 4.03. The van der Waals surface area contributed by atoms with Crippen molar-refractivity contribution >= 4 is 35.0 Å². The summed E-state index contributed by atoms with van der Waals surface area (Å²) in [6.07, 6.45) is 2.18. The Morgan fingerprint density at radius 3 is 2.90 bits per heavy atom. The zero-order chi connectivity index (χ0) is 14.4. The molecule has 0 saturated heterocycles. The van der Waals surface area contributed by atoms with Crippen molar-refractivity contribution in [3.63, 3.8) is 0 Å². The molecule has 0 saturated carbocycles. The number of nitrogens with zero attached hydrogens (tertiary/aromatic N) is 1. The molecule has 1 N–H and O–H groups in total. The second-order valence-electron chi connectivity index (χ2n) is 4.28. The number of thioether (sulfide) groups is 1. The van der Waals surface area contributed by atoms with Gasteiger partial charge in [0.05, 0.1) is 5.03 Å². The van der Waals surface area contributed by atoms with Gasteiger partial charge in [-0.2, -0.15) is 0 Å². The molecule has 0 atom stereocenters. The fourth-order valence-corrected chi connectivity index (χ4v) is 2.56. The average molecular weight is 307 g/mol. The Labute approximate surface area is 127 Å². The van der Waals surface area contributed by atoms with E-state index in [0.29, 0.717) is 17.2 Å². The molecule has 2 aromatic rings. The molecule has 0 radical (unpaired) electrons. The Bertz CT molecular complexity index is 590. The lowest BCUT2D eigenvalue weighted by Crippen LogP contribution is -2.12. The van der Waals surface area contributed by atoms with E-state index in [1.54, 1.807) is 24.0 Å². The predicted octanol–water partition coefficient (Wildman–Crippen LogP) is 4.16. The molecule has 2 rings (SSSR count). The Kier molecular flexibility index (Phi) is 5.44. The number of anilines is 1. The van der Waals surface area contributed by atoms with Crippen LogP contribution in [-0.4, -0.2) is 16.6 Å². The Hall–Kier alpha value is -1.52. The van der Waals surface area contributed by atoms with Crippen LogP contribution in [0.4, 0.5) is 5.69 Å². The molecule has 0 unspecified atom stereocenters. The smallest absolute Gasteiger partial charge is 0.225 e. The second kappa shape index (κ2) is 7.31. The predicted molar refractivity (Wildman–Crippen MR) is 84.4 cm³/mol. The van der Waals surface area contributed by atoms with Gasteiger partial charge in [0.2, 0.25) is 5.91 Å². The van der Waals surface area contributed by atoms with E-state index < -0.39 is 0 Å². The number of hydrogen-bond donors (Lipinski definition) is 1. The maximum Gasteiger partial charge on any atom is 0.225 e. The largest absolute Gasteiger partial charge is 0.326 e. The van der Waals surface area contributed by atoms with E-state index in [0.717, 1.165) is 16.3 Å². The normalized spacial score (nSPS) is 10.3. The highest BCUT2D eigenvalue weighted by Gasteiger charge is 2.04. The van der Waals surface area contributed by atoms with E-state index in [4.69, 9.17) is 11.6 Å². The van der Waals surface area contributed by atoms with E-state index >= 15 is 0 Å². The SMILES string of the molecule is Cc1ccc(NC(=O)CCSc2ccccn2)cc1Cl. The number of amides is 1. The first-order valence-electron chi connectivity index (χ1n) is 6.25. The average Bonchev–Trinajstić information content (AvgIpc) is 2.44. The van der Waals surface area contributed by atoms with Gasteiger partial charge in [0.1, 0.15) is 0 Å². The molecule has 1 amide bonds. The molecular formula is C15H15ClN2OS. The summed E-state index contributed by atoms with van der Waals surface area (Å²) in [7, 11) is 0. The van der Waals surface area contributed by atoms with Crippen LogP contribution in [0.5, 0.6) is 0 Å². The Balaban J connectivity index is 1.79. The molecule has 104 valence electrons. The molecule has 0 aliphatic carbocycles. The van der Waals surface area contributed by atoms with E-state index in [-0.39, 0.29) is 5.91 Å². The summed E-state index contributed by atoms with van der Waals surface area (Å²) < 4.78 is 0. The number of aryl methyl sites for hydroxylation is 1. The van der Waals surface area contributed by atoms with E-state index in [9.17, 15) is 4.79 Å². The van der Waals surface area contributed by atoms with Crippen LogP contribution in [0.15, 0.2) is 47.6 Å². The number of rotatable bonds is 5. The minimum absolute atomic E-state index is 0.0200. The Morgan fingerprint density at radius 2 is 2.20 bits per heavy atom. The molecule has 1 aromatic carbocycles. The number of halogens is 1. The first kappa shape index (κ1) is 14.9. The summed E-state index contributed by atoms with van der Waals surface area (Å²) in [5.74, 6) is 0.677. The molecule has 5 heteroatoms. The summed E-state index contributed by atoms with van der Waals surface area (Å²) in [6, 6.07) is 11.2. The highest BCUT2D eigenvalue weighted by molar-refractivity contribution is 7.99. The van der Waals surface area contributed by atoms with Crippen LogP contribution in [0.25, 0.3) is 0 Å². The number of benzene rings is 1. The summed E-state index contributed by atoms with van der Waals surface area (Å²) in [4.78, 5) is 16.0. The van der Waals surface area contributed by atoms with Crippen molar-refractivity contribution in [1.29, 1.82) is 0 Å². The molecule has 3 nitrogen and oxygen atoms in total. The van der Waals surface area contributed by atoms with Crippen LogP contribution in [0.3, 0.4) is 0 Å². The fourth-order valence-electron chi connectivity index (χ4n) is 1.57. The van der Waals surface area contributed by atoms with Crippen LogP contribution in [0.2, 0.25) is 5.02 Å². The minimum Gasteiger partial charge on any atom is -0.326 e. The third kappa shape index (κ3) is 4.54. The van der Waals surface area contributed by atoms with Crippen LogP contribution in [0, 0.1) is 6.92 Å². The quantitative estimate of drug-likeness (QED) is 0.843. The van der Waals surface area contributed by atoms with Gasteiger partial charge in [0.15, 0.2) is 0 Å². The Morgan fingerprint density at radius 1 is 1.35 bits per heavy atom. The molecule has 0 aliphatic heterocycles. The van der Waals surface area contributed by atoms with Crippen molar-refractivity contribution in [3.8, 4) is 0 Å². The third-order valence-electron chi connectivity index (χ3n) is 2.67. The summed E-state index contributed by atoms with van der Waals surface area (Å²) in [5, 5.41) is 4.43. The molecule has 0 fully saturated rings. The molecule has 0 bridgehead atoms. The zero-order valence-electron chi connectivity index (χ0n) is 11.1. The van der Waals surface area contributed by atoms with Gasteiger partial charge in [-0.15, -0.1) is 11.8 Å².